The van der Waals surface area contributed by atoms with Crippen molar-refractivity contribution in [2.24, 2.45) is 0 Å². The highest BCUT2D eigenvalue weighted by atomic mass is 32.2. The van der Waals surface area contributed by atoms with E-state index in [1.165, 1.54) is 5.56 Å². The molecule has 0 aliphatic carbocycles. The highest BCUT2D eigenvalue weighted by Gasteiger charge is 2.02. The molecule has 1 nitrogen and oxygen atoms in total. The number of para-hydroxylation sites is 1. The minimum Gasteiger partial charge on any atom is -0.341 e. The molecule has 0 amide bonds. The van der Waals surface area contributed by atoms with Gasteiger partial charge in [0.25, 0.3) is 0 Å². The number of thiocarbonyl (C=S) groups is 1. The van der Waals surface area contributed by atoms with Crippen molar-refractivity contribution < 1.29 is 0 Å². The topological polar surface area (TPSA) is 12.0 Å². The monoisotopic (exact) mass is 259 g/mol. The average Bonchev–Trinajstić information content (AvgIpc) is 2.33. The lowest BCUT2D eigenvalue weighted by Gasteiger charge is -2.09. The van der Waals surface area contributed by atoms with Crippen LogP contribution in [0.1, 0.15) is 5.56 Å². The summed E-state index contributed by atoms with van der Waals surface area (Å²) in [5, 5.41) is 3.25. The van der Waals surface area contributed by atoms with E-state index in [1.54, 1.807) is 11.8 Å². The summed E-state index contributed by atoms with van der Waals surface area (Å²) in [6.45, 7) is 2.07. The lowest BCUT2D eigenvalue weighted by molar-refractivity contribution is 1.46. The Bertz CT molecular complexity index is 509. The Morgan fingerprint density at radius 3 is 2.35 bits per heavy atom. The smallest absolute Gasteiger partial charge is 0.143 e. The second-order valence-electron chi connectivity index (χ2n) is 3.64. The summed E-state index contributed by atoms with van der Waals surface area (Å²) in [5.41, 5.74) is 2.27. The predicted molar refractivity (Wildman–Crippen MR) is 79.7 cm³/mol. The third kappa shape index (κ3) is 3.58. The molecular formula is C14H13NS2. The van der Waals surface area contributed by atoms with E-state index >= 15 is 0 Å². The molecule has 0 saturated heterocycles. The molecule has 1 N–H and O–H groups in total. The SMILES string of the molecule is Cc1ccccc1NC(=S)Sc1ccccc1. The van der Waals surface area contributed by atoms with Gasteiger partial charge in [-0.1, -0.05) is 60.4 Å². The van der Waals surface area contributed by atoms with Crippen molar-refractivity contribution in [1.29, 1.82) is 0 Å². The van der Waals surface area contributed by atoms with Crippen molar-refractivity contribution in [2.45, 2.75) is 11.8 Å². The summed E-state index contributed by atoms with van der Waals surface area (Å²) < 4.78 is 0.769. The first-order valence-corrected chi connectivity index (χ1v) is 6.58. The van der Waals surface area contributed by atoms with Crippen LogP contribution in [0.25, 0.3) is 0 Å². The minimum absolute atomic E-state index is 0.769. The van der Waals surface area contributed by atoms with Crippen LogP contribution < -0.4 is 5.32 Å². The van der Waals surface area contributed by atoms with Gasteiger partial charge in [0.1, 0.15) is 4.32 Å². The Balaban J connectivity index is 2.01. The molecule has 2 rings (SSSR count). The zero-order valence-electron chi connectivity index (χ0n) is 9.51. The lowest BCUT2D eigenvalue weighted by atomic mass is 10.2. The van der Waals surface area contributed by atoms with Crippen LogP contribution >= 0.6 is 24.0 Å². The van der Waals surface area contributed by atoms with Gasteiger partial charge in [0, 0.05) is 10.6 Å². The predicted octanol–water partition coefficient (Wildman–Crippen LogP) is 4.48. The Kier molecular flexibility index (Phi) is 4.18. The first kappa shape index (κ1) is 12.1. The Morgan fingerprint density at radius 1 is 1.00 bits per heavy atom. The standard InChI is InChI=1S/C14H13NS2/c1-11-7-5-6-10-13(11)15-14(16)17-12-8-3-2-4-9-12/h2-10H,1H3,(H,15,16). The first-order valence-electron chi connectivity index (χ1n) is 5.35. The van der Waals surface area contributed by atoms with Gasteiger partial charge in [-0.15, -0.1) is 0 Å². The Labute approximate surface area is 111 Å². The number of thioether (sulfide) groups is 1. The molecule has 0 aliphatic rings. The summed E-state index contributed by atoms with van der Waals surface area (Å²) in [6.07, 6.45) is 0. The number of aryl methyl sites for hydroxylation is 1. The highest BCUT2D eigenvalue weighted by molar-refractivity contribution is 8.23. The van der Waals surface area contributed by atoms with Crippen LogP contribution in [0.2, 0.25) is 0 Å². The number of rotatable bonds is 2. The minimum atomic E-state index is 0.769. The maximum absolute atomic E-state index is 5.33. The van der Waals surface area contributed by atoms with E-state index in [0.29, 0.717) is 0 Å². The fourth-order valence-electron chi connectivity index (χ4n) is 1.44. The van der Waals surface area contributed by atoms with E-state index in [0.717, 1.165) is 14.9 Å². The van der Waals surface area contributed by atoms with Gasteiger partial charge < -0.3 is 5.32 Å². The number of hydrogen-bond acceptors (Lipinski definition) is 2. The second-order valence-corrected chi connectivity index (χ2v) is 5.39. The molecule has 2 aromatic carbocycles. The molecule has 0 unspecified atom stereocenters. The van der Waals surface area contributed by atoms with Crippen molar-refractivity contribution in [2.75, 3.05) is 5.32 Å². The Morgan fingerprint density at radius 2 is 1.65 bits per heavy atom. The molecule has 0 bridgehead atoms. The average molecular weight is 259 g/mol. The largest absolute Gasteiger partial charge is 0.341 e. The molecule has 0 atom stereocenters. The van der Waals surface area contributed by atoms with Gasteiger partial charge in [0.05, 0.1) is 0 Å². The van der Waals surface area contributed by atoms with Gasteiger partial charge in [0.2, 0.25) is 0 Å². The van der Waals surface area contributed by atoms with Crippen LogP contribution in [-0.2, 0) is 0 Å². The van der Waals surface area contributed by atoms with Gasteiger partial charge in [-0.2, -0.15) is 0 Å². The van der Waals surface area contributed by atoms with Crippen LogP contribution in [-0.4, -0.2) is 4.32 Å². The molecule has 3 heteroatoms. The van der Waals surface area contributed by atoms with Crippen molar-refractivity contribution in [3.05, 3.63) is 60.2 Å². The molecule has 0 saturated carbocycles. The Hall–Kier alpha value is -1.32. The van der Waals surface area contributed by atoms with E-state index in [9.17, 15) is 0 Å². The van der Waals surface area contributed by atoms with E-state index in [-0.39, 0.29) is 0 Å². The van der Waals surface area contributed by atoms with E-state index < -0.39 is 0 Å². The maximum atomic E-state index is 5.33. The first-order chi connectivity index (χ1) is 8.25. The normalized spacial score (nSPS) is 9.94. The van der Waals surface area contributed by atoms with Gasteiger partial charge in [-0.05, 0) is 30.7 Å². The van der Waals surface area contributed by atoms with Crippen molar-refractivity contribution in [3.8, 4) is 0 Å². The van der Waals surface area contributed by atoms with Crippen LogP contribution in [0.3, 0.4) is 0 Å². The van der Waals surface area contributed by atoms with Crippen molar-refractivity contribution in [3.63, 3.8) is 0 Å². The van der Waals surface area contributed by atoms with Gasteiger partial charge in [-0.25, -0.2) is 0 Å². The van der Waals surface area contributed by atoms with Crippen LogP contribution in [0, 0.1) is 6.92 Å². The number of nitrogens with one attached hydrogen (secondary N) is 1. The molecule has 0 radical (unpaired) electrons. The number of hydrogen-bond donors (Lipinski definition) is 1. The quantitative estimate of drug-likeness (QED) is 0.630. The van der Waals surface area contributed by atoms with Crippen LogP contribution in [0.5, 0.6) is 0 Å². The van der Waals surface area contributed by atoms with E-state index in [1.807, 2.05) is 36.4 Å². The number of benzene rings is 2. The molecule has 17 heavy (non-hydrogen) atoms. The molecule has 0 aliphatic heterocycles. The summed E-state index contributed by atoms with van der Waals surface area (Å²) in [6, 6.07) is 18.3. The third-order valence-corrected chi connectivity index (χ3v) is 3.48. The maximum Gasteiger partial charge on any atom is 0.143 e. The molecule has 86 valence electrons. The molecule has 0 spiro atoms. The van der Waals surface area contributed by atoms with E-state index in [4.69, 9.17) is 12.2 Å². The molecule has 0 fully saturated rings. The molecular weight excluding hydrogens is 246 g/mol. The van der Waals surface area contributed by atoms with Crippen LogP contribution in [0.4, 0.5) is 5.69 Å². The van der Waals surface area contributed by atoms with Crippen molar-refractivity contribution >= 4 is 34.0 Å². The molecule has 0 heterocycles. The zero-order chi connectivity index (χ0) is 12.1. The third-order valence-electron chi connectivity index (χ3n) is 2.34. The van der Waals surface area contributed by atoms with Gasteiger partial charge >= 0.3 is 0 Å². The summed E-state index contributed by atoms with van der Waals surface area (Å²) in [4.78, 5) is 1.15. The molecule has 0 aromatic heterocycles. The van der Waals surface area contributed by atoms with Crippen molar-refractivity contribution in [1.82, 2.24) is 0 Å². The van der Waals surface area contributed by atoms with Crippen LogP contribution in [0.15, 0.2) is 59.5 Å². The molecule has 2 aromatic rings. The number of anilines is 1. The van der Waals surface area contributed by atoms with Gasteiger partial charge in [0.15, 0.2) is 0 Å². The van der Waals surface area contributed by atoms with Gasteiger partial charge in [-0.3, -0.25) is 0 Å². The second kappa shape index (κ2) is 5.84. The summed E-state index contributed by atoms with van der Waals surface area (Å²) >= 11 is 6.90. The zero-order valence-corrected chi connectivity index (χ0v) is 11.1. The fourth-order valence-corrected chi connectivity index (χ4v) is 2.51. The van der Waals surface area contributed by atoms with E-state index in [2.05, 4.69) is 30.4 Å². The fraction of sp³-hybridized carbons (Fsp3) is 0.0714. The summed E-state index contributed by atoms with van der Waals surface area (Å²) in [7, 11) is 0. The highest BCUT2D eigenvalue weighted by Crippen LogP contribution is 2.22. The summed E-state index contributed by atoms with van der Waals surface area (Å²) in [5.74, 6) is 0. The lowest BCUT2D eigenvalue weighted by Crippen LogP contribution is -2.05.